The van der Waals surface area contributed by atoms with Crippen molar-refractivity contribution < 1.29 is 9.59 Å². The zero-order valence-corrected chi connectivity index (χ0v) is 14.5. The predicted octanol–water partition coefficient (Wildman–Crippen LogP) is 2.04. The normalized spacial score (nSPS) is 18.7. The third kappa shape index (κ3) is 5.06. The Morgan fingerprint density at radius 1 is 1.13 bits per heavy atom. The van der Waals surface area contributed by atoms with Gasteiger partial charge in [-0.1, -0.05) is 0 Å². The first-order valence-corrected chi connectivity index (χ1v) is 8.17. The van der Waals surface area contributed by atoms with Crippen LogP contribution in [0.25, 0.3) is 0 Å². The third-order valence-corrected chi connectivity index (χ3v) is 4.07. The maximum atomic E-state index is 12.2. The average molecular weight is 317 g/mol. The van der Waals surface area contributed by atoms with Gasteiger partial charge in [-0.25, -0.2) is 0 Å². The van der Waals surface area contributed by atoms with Crippen molar-refractivity contribution in [2.45, 2.75) is 45.2 Å². The summed E-state index contributed by atoms with van der Waals surface area (Å²) < 4.78 is 0. The molecule has 0 radical (unpaired) electrons. The highest BCUT2D eigenvalue weighted by Crippen LogP contribution is 2.14. The molecule has 2 rings (SSSR count). The van der Waals surface area contributed by atoms with Crippen LogP contribution in [0.3, 0.4) is 0 Å². The minimum absolute atomic E-state index is 0.0897. The van der Waals surface area contributed by atoms with Crippen LogP contribution in [0.4, 0.5) is 0 Å². The number of carbonyl (C=O) groups is 2. The van der Waals surface area contributed by atoms with E-state index in [0.29, 0.717) is 23.7 Å². The van der Waals surface area contributed by atoms with Crippen LogP contribution in [0.1, 0.15) is 54.3 Å². The van der Waals surface area contributed by atoms with Gasteiger partial charge in [0.2, 0.25) is 0 Å². The predicted molar refractivity (Wildman–Crippen MR) is 91.6 cm³/mol. The molecule has 23 heavy (non-hydrogen) atoms. The van der Waals surface area contributed by atoms with Gasteiger partial charge in [0.1, 0.15) is 0 Å². The molecule has 1 aromatic rings. The fraction of sp³-hybridized carbons (Fsp3) is 0.556. The highest BCUT2D eigenvalue weighted by molar-refractivity contribution is 5.98. The van der Waals surface area contributed by atoms with Gasteiger partial charge in [0.25, 0.3) is 11.8 Å². The molecule has 2 N–H and O–H groups in total. The minimum Gasteiger partial charge on any atom is -0.350 e. The van der Waals surface area contributed by atoms with Gasteiger partial charge in [0.15, 0.2) is 0 Å². The number of nitrogens with one attached hydrogen (secondary N) is 2. The smallest absolute Gasteiger partial charge is 0.251 e. The molecular formula is C18H27N3O2. The summed E-state index contributed by atoms with van der Waals surface area (Å²) in [5.74, 6) is -0.217. The van der Waals surface area contributed by atoms with E-state index in [1.54, 1.807) is 24.3 Å². The fourth-order valence-electron chi connectivity index (χ4n) is 2.74. The van der Waals surface area contributed by atoms with Gasteiger partial charge in [0, 0.05) is 29.3 Å². The van der Waals surface area contributed by atoms with Crippen molar-refractivity contribution >= 4 is 11.8 Å². The Morgan fingerprint density at radius 2 is 1.70 bits per heavy atom. The first-order chi connectivity index (χ1) is 10.8. The van der Waals surface area contributed by atoms with Crippen molar-refractivity contribution in [2.75, 3.05) is 20.1 Å². The molecule has 0 aliphatic carbocycles. The number of rotatable bonds is 4. The van der Waals surface area contributed by atoms with Crippen LogP contribution in [-0.2, 0) is 0 Å². The van der Waals surface area contributed by atoms with E-state index < -0.39 is 0 Å². The van der Waals surface area contributed by atoms with Crippen LogP contribution in [-0.4, -0.2) is 48.4 Å². The second-order valence-corrected chi connectivity index (χ2v) is 7.27. The average Bonchev–Trinajstić information content (AvgIpc) is 2.88. The van der Waals surface area contributed by atoms with Crippen LogP contribution >= 0.6 is 0 Å². The van der Waals surface area contributed by atoms with Crippen LogP contribution in [0, 0.1) is 0 Å². The number of likely N-dealkylation sites (N-methyl/N-ethyl adjacent to an activating group) is 1. The minimum atomic E-state index is -0.277. The standard InChI is InChI=1S/C18H27N3O2/c1-18(2,3)20-17(23)14-9-7-13(8-10-14)16(22)19-12-15-6-5-11-21(15)4/h7-10,15H,5-6,11-12H2,1-4H3,(H,19,22)(H,20,23)/t15-/m0/s1. The summed E-state index contributed by atoms with van der Waals surface area (Å²) in [6.07, 6.45) is 2.32. The van der Waals surface area contributed by atoms with Gasteiger partial charge in [0.05, 0.1) is 0 Å². The van der Waals surface area contributed by atoms with Gasteiger partial charge in [-0.15, -0.1) is 0 Å². The molecule has 0 unspecified atom stereocenters. The number of nitrogens with zero attached hydrogens (tertiary/aromatic N) is 1. The summed E-state index contributed by atoms with van der Waals surface area (Å²) in [4.78, 5) is 26.5. The molecule has 0 aromatic heterocycles. The maximum Gasteiger partial charge on any atom is 0.251 e. The van der Waals surface area contributed by atoms with Crippen LogP contribution in [0.5, 0.6) is 0 Å². The zero-order chi connectivity index (χ0) is 17.0. The first-order valence-electron chi connectivity index (χ1n) is 8.17. The summed E-state index contributed by atoms with van der Waals surface area (Å²) in [5.41, 5.74) is 0.866. The molecule has 1 fully saturated rings. The van der Waals surface area contributed by atoms with Crippen LogP contribution < -0.4 is 10.6 Å². The zero-order valence-electron chi connectivity index (χ0n) is 14.5. The Labute approximate surface area is 138 Å². The van der Waals surface area contributed by atoms with E-state index in [9.17, 15) is 9.59 Å². The number of amides is 2. The first kappa shape index (κ1) is 17.5. The quantitative estimate of drug-likeness (QED) is 0.893. The monoisotopic (exact) mass is 317 g/mol. The highest BCUT2D eigenvalue weighted by atomic mass is 16.2. The van der Waals surface area contributed by atoms with Gasteiger partial charge in [-0.05, 0) is 71.5 Å². The van der Waals surface area contributed by atoms with Gasteiger partial charge >= 0.3 is 0 Å². The van der Waals surface area contributed by atoms with E-state index in [0.717, 1.165) is 13.0 Å². The lowest BCUT2D eigenvalue weighted by Crippen LogP contribution is -2.40. The number of benzene rings is 1. The van der Waals surface area contributed by atoms with Crippen molar-refractivity contribution in [1.82, 2.24) is 15.5 Å². The Balaban J connectivity index is 1.91. The summed E-state index contributed by atoms with van der Waals surface area (Å²) in [5, 5.41) is 5.88. The highest BCUT2D eigenvalue weighted by Gasteiger charge is 2.21. The second kappa shape index (κ2) is 7.13. The van der Waals surface area contributed by atoms with Crippen molar-refractivity contribution in [3.8, 4) is 0 Å². The van der Waals surface area contributed by atoms with E-state index in [4.69, 9.17) is 0 Å². The van der Waals surface area contributed by atoms with Crippen molar-refractivity contribution in [1.29, 1.82) is 0 Å². The van der Waals surface area contributed by atoms with Crippen molar-refractivity contribution in [3.05, 3.63) is 35.4 Å². The SMILES string of the molecule is CN1CCC[C@H]1CNC(=O)c1ccc(C(=O)NC(C)(C)C)cc1. The number of likely N-dealkylation sites (tertiary alicyclic amines) is 1. The Morgan fingerprint density at radius 3 is 2.17 bits per heavy atom. The Kier molecular flexibility index (Phi) is 5.42. The molecule has 1 saturated heterocycles. The summed E-state index contributed by atoms with van der Waals surface area (Å²) in [6, 6.07) is 7.21. The molecule has 2 amide bonds. The third-order valence-electron chi connectivity index (χ3n) is 4.07. The van der Waals surface area contributed by atoms with Gasteiger partial charge in [-0.2, -0.15) is 0 Å². The molecule has 5 nitrogen and oxygen atoms in total. The van der Waals surface area contributed by atoms with Crippen LogP contribution in [0.2, 0.25) is 0 Å². The molecule has 1 aliphatic rings. The largest absolute Gasteiger partial charge is 0.350 e. The number of carbonyl (C=O) groups excluding carboxylic acids is 2. The maximum absolute atomic E-state index is 12.2. The molecule has 0 bridgehead atoms. The van der Waals surface area contributed by atoms with E-state index in [1.165, 1.54) is 6.42 Å². The fourth-order valence-corrected chi connectivity index (χ4v) is 2.74. The molecule has 5 heteroatoms. The molecule has 1 heterocycles. The molecule has 0 saturated carbocycles. The number of hydrogen-bond donors (Lipinski definition) is 2. The lowest BCUT2D eigenvalue weighted by molar-refractivity contribution is 0.0914. The van der Waals surface area contributed by atoms with Crippen molar-refractivity contribution in [2.24, 2.45) is 0 Å². The molecule has 126 valence electrons. The summed E-state index contributed by atoms with van der Waals surface area (Å²) in [6.45, 7) is 7.58. The van der Waals surface area contributed by atoms with E-state index in [1.807, 2.05) is 20.8 Å². The summed E-state index contributed by atoms with van der Waals surface area (Å²) in [7, 11) is 2.09. The van der Waals surface area contributed by atoms with E-state index in [-0.39, 0.29) is 17.4 Å². The molecule has 0 spiro atoms. The van der Waals surface area contributed by atoms with Gasteiger partial charge in [-0.3, -0.25) is 9.59 Å². The lowest BCUT2D eigenvalue weighted by atomic mass is 10.1. The second-order valence-electron chi connectivity index (χ2n) is 7.27. The van der Waals surface area contributed by atoms with E-state index >= 15 is 0 Å². The topological polar surface area (TPSA) is 61.4 Å². The van der Waals surface area contributed by atoms with Crippen molar-refractivity contribution in [3.63, 3.8) is 0 Å². The lowest BCUT2D eigenvalue weighted by Gasteiger charge is -2.20. The number of hydrogen-bond acceptors (Lipinski definition) is 3. The molecule has 1 atom stereocenters. The molecule has 1 aromatic carbocycles. The summed E-state index contributed by atoms with van der Waals surface area (Å²) >= 11 is 0. The Hall–Kier alpha value is -1.88. The van der Waals surface area contributed by atoms with E-state index in [2.05, 4.69) is 22.6 Å². The van der Waals surface area contributed by atoms with Crippen LogP contribution in [0.15, 0.2) is 24.3 Å². The Bertz CT molecular complexity index is 561. The van der Waals surface area contributed by atoms with Gasteiger partial charge < -0.3 is 15.5 Å². The molecule has 1 aliphatic heterocycles. The molecular weight excluding hydrogens is 290 g/mol.